The van der Waals surface area contributed by atoms with Crippen molar-refractivity contribution in [2.75, 3.05) is 13.4 Å². The van der Waals surface area contributed by atoms with Gasteiger partial charge in [0, 0.05) is 22.1 Å². The van der Waals surface area contributed by atoms with E-state index < -0.39 is 0 Å². The fraction of sp³-hybridized carbons (Fsp3) is 0.143. The number of aromatic amines is 1. The van der Waals surface area contributed by atoms with E-state index in [0.717, 1.165) is 11.1 Å². The predicted octanol–water partition coefficient (Wildman–Crippen LogP) is 4.51. The van der Waals surface area contributed by atoms with Gasteiger partial charge in [0.15, 0.2) is 5.16 Å². The second-order valence-electron chi connectivity index (χ2n) is 6.20. The molecular formula is C21H18N4O3S2. The van der Waals surface area contributed by atoms with Gasteiger partial charge in [-0.05, 0) is 42.7 Å². The van der Waals surface area contributed by atoms with Crippen molar-refractivity contribution in [2.45, 2.75) is 15.8 Å². The molecule has 0 saturated heterocycles. The lowest BCUT2D eigenvalue weighted by Gasteiger charge is -2.05. The molecule has 0 atom stereocenters. The predicted molar refractivity (Wildman–Crippen MR) is 118 cm³/mol. The van der Waals surface area contributed by atoms with E-state index in [0.29, 0.717) is 34.1 Å². The first kappa shape index (κ1) is 20.2. The zero-order valence-corrected chi connectivity index (χ0v) is 17.9. The average Bonchev–Trinajstić information content (AvgIpc) is 3.26. The van der Waals surface area contributed by atoms with Crippen molar-refractivity contribution in [2.24, 2.45) is 0 Å². The van der Waals surface area contributed by atoms with Crippen molar-refractivity contribution in [3.63, 3.8) is 0 Å². The third kappa shape index (κ3) is 4.74. The van der Waals surface area contributed by atoms with Gasteiger partial charge in [-0.1, -0.05) is 29.1 Å². The minimum Gasteiger partial charge on any atom is -0.497 e. The number of benzene rings is 2. The molecule has 0 bridgehead atoms. The smallest absolute Gasteiger partial charge is 0.252 e. The van der Waals surface area contributed by atoms with Crippen molar-refractivity contribution in [3.05, 3.63) is 70.8 Å². The molecule has 9 heteroatoms. The molecule has 0 aliphatic rings. The Morgan fingerprint density at radius 3 is 2.67 bits per heavy atom. The van der Waals surface area contributed by atoms with Gasteiger partial charge in [0.25, 0.3) is 5.56 Å². The molecule has 4 aromatic rings. The molecule has 2 aromatic carbocycles. The fourth-order valence-electron chi connectivity index (χ4n) is 2.73. The molecule has 2 heterocycles. The van der Waals surface area contributed by atoms with Crippen molar-refractivity contribution >= 4 is 23.5 Å². The largest absolute Gasteiger partial charge is 0.497 e. The Kier molecular flexibility index (Phi) is 6.20. The fourth-order valence-corrected chi connectivity index (χ4v) is 3.86. The summed E-state index contributed by atoms with van der Waals surface area (Å²) in [5.41, 5.74) is 2.03. The molecule has 152 valence electrons. The minimum absolute atomic E-state index is 0.231. The first-order chi connectivity index (χ1) is 14.6. The van der Waals surface area contributed by atoms with E-state index >= 15 is 0 Å². The number of H-pyrrole nitrogens is 1. The summed E-state index contributed by atoms with van der Waals surface area (Å²) < 4.78 is 10.6. The van der Waals surface area contributed by atoms with Gasteiger partial charge in [0.2, 0.25) is 11.7 Å². The number of thioether (sulfide) groups is 2. The van der Waals surface area contributed by atoms with Crippen LogP contribution in [-0.2, 0) is 5.75 Å². The molecule has 0 spiro atoms. The third-order valence-electron chi connectivity index (χ3n) is 4.23. The van der Waals surface area contributed by atoms with E-state index in [2.05, 4.69) is 20.1 Å². The maximum Gasteiger partial charge on any atom is 0.252 e. The van der Waals surface area contributed by atoms with Crippen molar-refractivity contribution in [3.8, 4) is 28.4 Å². The number of aromatic nitrogens is 4. The summed E-state index contributed by atoms with van der Waals surface area (Å²) in [6.45, 7) is 0. The Labute approximate surface area is 181 Å². The Morgan fingerprint density at radius 2 is 1.90 bits per heavy atom. The van der Waals surface area contributed by atoms with Crippen LogP contribution in [0.4, 0.5) is 0 Å². The molecular weight excluding hydrogens is 420 g/mol. The van der Waals surface area contributed by atoms with Gasteiger partial charge in [0.05, 0.1) is 18.6 Å². The number of ether oxygens (including phenoxy) is 1. The molecule has 0 unspecified atom stereocenters. The van der Waals surface area contributed by atoms with E-state index in [1.54, 1.807) is 18.9 Å². The molecule has 0 amide bonds. The second-order valence-corrected chi connectivity index (χ2v) is 8.04. The molecule has 0 saturated carbocycles. The van der Waals surface area contributed by atoms with Crippen LogP contribution < -0.4 is 10.3 Å². The number of rotatable bonds is 7. The highest BCUT2D eigenvalue weighted by Gasteiger charge is 2.11. The van der Waals surface area contributed by atoms with Crippen LogP contribution in [0.15, 0.2) is 74.0 Å². The lowest BCUT2D eigenvalue weighted by Crippen LogP contribution is -2.08. The van der Waals surface area contributed by atoms with Crippen molar-refractivity contribution in [1.29, 1.82) is 0 Å². The van der Waals surface area contributed by atoms with Gasteiger partial charge in [-0.3, -0.25) is 4.79 Å². The Morgan fingerprint density at radius 1 is 1.07 bits per heavy atom. The average molecular weight is 439 g/mol. The second kappa shape index (κ2) is 9.19. The Balaban J connectivity index is 1.49. The van der Waals surface area contributed by atoms with Crippen molar-refractivity contribution < 1.29 is 9.26 Å². The molecule has 30 heavy (non-hydrogen) atoms. The zero-order valence-electron chi connectivity index (χ0n) is 16.3. The normalized spacial score (nSPS) is 10.9. The molecule has 0 fully saturated rings. The van der Waals surface area contributed by atoms with Gasteiger partial charge >= 0.3 is 0 Å². The summed E-state index contributed by atoms with van der Waals surface area (Å²) in [5.74, 6) is 2.08. The lowest BCUT2D eigenvalue weighted by atomic mass is 10.1. The lowest BCUT2D eigenvalue weighted by molar-refractivity contribution is 0.391. The standard InChI is InChI=1S/C21H18N4O3S2/c1-27-15-5-3-4-14(10-15)17-11-18(26)23-21(22-17)30-12-19-24-20(25-28-19)13-6-8-16(29-2)9-7-13/h3-11H,12H2,1-2H3,(H,22,23,26). The van der Waals surface area contributed by atoms with E-state index in [1.165, 1.54) is 22.7 Å². The Hall–Kier alpha value is -3.04. The number of methoxy groups -OCH3 is 1. The van der Waals surface area contributed by atoms with Crippen LogP contribution in [0.1, 0.15) is 5.89 Å². The monoisotopic (exact) mass is 438 g/mol. The number of hydrogen-bond acceptors (Lipinski definition) is 8. The van der Waals surface area contributed by atoms with Gasteiger partial charge < -0.3 is 14.2 Å². The van der Waals surface area contributed by atoms with Gasteiger partial charge in [-0.15, -0.1) is 11.8 Å². The van der Waals surface area contributed by atoms with E-state index in [9.17, 15) is 4.79 Å². The van der Waals surface area contributed by atoms with Crippen LogP contribution >= 0.6 is 23.5 Å². The minimum atomic E-state index is -0.231. The summed E-state index contributed by atoms with van der Waals surface area (Å²) in [6.07, 6.45) is 2.03. The van der Waals surface area contributed by atoms with E-state index in [-0.39, 0.29) is 5.56 Å². The summed E-state index contributed by atoms with van der Waals surface area (Å²) in [4.78, 5) is 25.0. The van der Waals surface area contributed by atoms with E-state index in [4.69, 9.17) is 9.26 Å². The topological polar surface area (TPSA) is 93.9 Å². The summed E-state index contributed by atoms with van der Waals surface area (Å²) >= 11 is 3.00. The highest BCUT2D eigenvalue weighted by molar-refractivity contribution is 7.98. The van der Waals surface area contributed by atoms with Crippen LogP contribution in [0.3, 0.4) is 0 Å². The van der Waals surface area contributed by atoms with Crippen molar-refractivity contribution in [1.82, 2.24) is 20.1 Å². The summed E-state index contributed by atoms with van der Waals surface area (Å²) in [6, 6.07) is 16.8. The highest BCUT2D eigenvalue weighted by atomic mass is 32.2. The molecule has 4 rings (SSSR count). The van der Waals surface area contributed by atoms with Gasteiger partial charge in [-0.25, -0.2) is 4.98 Å². The third-order valence-corrected chi connectivity index (χ3v) is 5.84. The van der Waals surface area contributed by atoms with Gasteiger partial charge in [0.1, 0.15) is 5.75 Å². The quantitative estimate of drug-likeness (QED) is 0.333. The molecule has 0 radical (unpaired) electrons. The maximum atomic E-state index is 12.1. The van der Waals surface area contributed by atoms with Crippen LogP contribution in [0.2, 0.25) is 0 Å². The molecule has 0 aliphatic carbocycles. The SMILES string of the molecule is COc1cccc(-c2cc(=O)[nH]c(SCc3nc(-c4ccc(SC)cc4)no3)n2)c1. The van der Waals surface area contributed by atoms with Crippen LogP contribution in [0, 0.1) is 0 Å². The van der Waals surface area contributed by atoms with Crippen LogP contribution in [0.5, 0.6) is 5.75 Å². The molecule has 2 aromatic heterocycles. The molecule has 1 N–H and O–H groups in total. The zero-order chi connectivity index (χ0) is 20.9. The Bertz CT molecular complexity index is 1210. The van der Waals surface area contributed by atoms with Gasteiger partial charge in [-0.2, -0.15) is 4.98 Å². The number of nitrogens with one attached hydrogen (secondary N) is 1. The van der Waals surface area contributed by atoms with Crippen LogP contribution in [0.25, 0.3) is 22.6 Å². The summed E-state index contributed by atoms with van der Waals surface area (Å²) in [5, 5.41) is 4.52. The maximum absolute atomic E-state index is 12.1. The number of nitrogens with zero attached hydrogens (tertiary/aromatic N) is 3. The first-order valence-electron chi connectivity index (χ1n) is 9.00. The molecule has 0 aliphatic heterocycles. The first-order valence-corrected chi connectivity index (χ1v) is 11.2. The highest BCUT2D eigenvalue weighted by Crippen LogP contribution is 2.25. The van der Waals surface area contributed by atoms with Crippen LogP contribution in [-0.4, -0.2) is 33.5 Å². The van der Waals surface area contributed by atoms with E-state index in [1.807, 2.05) is 54.8 Å². The number of hydrogen-bond donors (Lipinski definition) is 1. The molecule has 7 nitrogen and oxygen atoms in total. The summed E-state index contributed by atoms with van der Waals surface area (Å²) in [7, 11) is 1.60.